The third kappa shape index (κ3) is 1.73. The van der Waals surface area contributed by atoms with Gasteiger partial charge in [0.1, 0.15) is 0 Å². The number of carbonyl (C=O) groups is 2. The Morgan fingerprint density at radius 3 is 2.11 bits per heavy atom. The quantitative estimate of drug-likeness (QED) is 0.831. The summed E-state index contributed by atoms with van der Waals surface area (Å²) in [6.07, 6.45) is 0. The maximum absolute atomic E-state index is 12.3. The van der Waals surface area contributed by atoms with Crippen molar-refractivity contribution in [3.05, 3.63) is 65.2 Å². The molecule has 3 rings (SSSR count). The van der Waals surface area contributed by atoms with Gasteiger partial charge in [0.05, 0.1) is 16.8 Å². The van der Waals surface area contributed by atoms with Crippen molar-refractivity contribution in [2.45, 2.75) is 6.54 Å². The molecule has 2 amide bonds. The molecule has 1 heterocycles. The van der Waals surface area contributed by atoms with E-state index in [2.05, 4.69) is 0 Å². The van der Waals surface area contributed by atoms with Gasteiger partial charge in [-0.05, 0) is 29.8 Å². The van der Waals surface area contributed by atoms with Crippen molar-refractivity contribution < 1.29 is 9.59 Å². The predicted molar refractivity (Wildman–Crippen MR) is 71.9 cm³/mol. The maximum Gasteiger partial charge on any atom is 0.266 e. The molecule has 0 aliphatic carbocycles. The molecule has 0 unspecified atom stereocenters. The number of nitrogens with two attached hydrogens (primary N) is 1. The van der Waals surface area contributed by atoms with Crippen LogP contribution in [-0.4, -0.2) is 11.8 Å². The summed E-state index contributed by atoms with van der Waals surface area (Å²) in [6, 6.07) is 14.0. The molecule has 0 aromatic heterocycles. The number of carbonyl (C=O) groups excluding carboxylic acids is 2. The summed E-state index contributed by atoms with van der Waals surface area (Å²) < 4.78 is 0. The Labute approximate surface area is 110 Å². The molecular formula is C15H12N2O2. The fourth-order valence-electron chi connectivity index (χ4n) is 2.25. The minimum Gasteiger partial charge on any atom is -0.326 e. The van der Waals surface area contributed by atoms with E-state index in [0.29, 0.717) is 23.4 Å². The average Bonchev–Trinajstić information content (AvgIpc) is 2.72. The molecule has 0 saturated carbocycles. The summed E-state index contributed by atoms with van der Waals surface area (Å²) in [5, 5.41) is 0. The van der Waals surface area contributed by atoms with E-state index in [9.17, 15) is 9.59 Å². The first-order valence-electron chi connectivity index (χ1n) is 5.99. The van der Waals surface area contributed by atoms with E-state index in [1.54, 1.807) is 42.5 Å². The van der Waals surface area contributed by atoms with Crippen LogP contribution in [0.4, 0.5) is 5.69 Å². The van der Waals surface area contributed by atoms with E-state index < -0.39 is 0 Å². The summed E-state index contributed by atoms with van der Waals surface area (Å²) in [6.45, 7) is 0.372. The fraction of sp³-hybridized carbons (Fsp3) is 0.0667. The third-order valence-electron chi connectivity index (χ3n) is 3.20. The summed E-state index contributed by atoms with van der Waals surface area (Å²) in [5.74, 6) is -0.565. The van der Waals surface area contributed by atoms with E-state index in [0.717, 1.165) is 5.56 Å². The minimum absolute atomic E-state index is 0.283. The van der Waals surface area contributed by atoms with Crippen LogP contribution in [0.5, 0.6) is 0 Å². The highest BCUT2D eigenvalue weighted by molar-refractivity contribution is 6.34. The van der Waals surface area contributed by atoms with E-state index in [-0.39, 0.29) is 11.8 Å². The molecule has 1 aliphatic rings. The molecule has 1 aliphatic heterocycles. The lowest BCUT2D eigenvalue weighted by molar-refractivity contribution is 0.0926. The van der Waals surface area contributed by atoms with Crippen molar-refractivity contribution in [3.63, 3.8) is 0 Å². The molecule has 0 radical (unpaired) electrons. The number of anilines is 1. The second kappa shape index (κ2) is 4.33. The molecule has 0 saturated heterocycles. The number of hydrogen-bond donors (Lipinski definition) is 1. The molecule has 2 aromatic rings. The highest BCUT2D eigenvalue weighted by Gasteiger charge is 2.36. The number of fused-ring (bicyclic) bond motifs is 1. The molecule has 0 spiro atoms. The molecule has 0 atom stereocenters. The van der Waals surface area contributed by atoms with Gasteiger partial charge in [-0.15, -0.1) is 0 Å². The molecule has 2 N–H and O–H groups in total. The number of imide groups is 1. The van der Waals surface area contributed by atoms with Crippen molar-refractivity contribution in [1.29, 1.82) is 0 Å². The maximum atomic E-state index is 12.3. The predicted octanol–water partition coefficient (Wildman–Crippen LogP) is 1.95. The number of nitrogens with zero attached hydrogens (tertiary/aromatic N) is 1. The number of amides is 2. The lowest BCUT2D eigenvalue weighted by Gasteiger charge is -2.14. The van der Waals surface area contributed by atoms with Crippen LogP contribution in [0, 0.1) is 0 Å². The van der Waals surface area contributed by atoms with E-state index in [4.69, 9.17) is 5.73 Å². The van der Waals surface area contributed by atoms with Crippen LogP contribution in [0.3, 0.4) is 0 Å². The van der Waals surface area contributed by atoms with Crippen LogP contribution in [0.1, 0.15) is 26.3 Å². The normalized spacial score (nSPS) is 13.8. The van der Waals surface area contributed by atoms with Crippen LogP contribution in [0.2, 0.25) is 0 Å². The summed E-state index contributed by atoms with van der Waals surface area (Å²) in [7, 11) is 0. The van der Waals surface area contributed by atoms with Gasteiger partial charge in [-0.3, -0.25) is 9.59 Å². The summed E-state index contributed by atoms with van der Waals surface area (Å²) in [4.78, 5) is 25.8. The molecule has 94 valence electrons. The lowest BCUT2D eigenvalue weighted by atomic mass is 10.1. The van der Waals surface area contributed by atoms with Crippen molar-refractivity contribution in [2.75, 3.05) is 4.90 Å². The zero-order chi connectivity index (χ0) is 13.4. The zero-order valence-electron chi connectivity index (χ0n) is 10.2. The number of hydrogen-bond acceptors (Lipinski definition) is 3. The third-order valence-corrected chi connectivity index (χ3v) is 3.20. The Morgan fingerprint density at radius 1 is 0.895 bits per heavy atom. The van der Waals surface area contributed by atoms with E-state index in [1.165, 1.54) is 4.90 Å². The van der Waals surface area contributed by atoms with Crippen molar-refractivity contribution in [1.82, 2.24) is 0 Å². The van der Waals surface area contributed by atoms with E-state index >= 15 is 0 Å². The van der Waals surface area contributed by atoms with Gasteiger partial charge in [-0.2, -0.15) is 0 Å². The summed E-state index contributed by atoms with van der Waals surface area (Å²) in [5.41, 5.74) is 7.93. The van der Waals surface area contributed by atoms with Crippen molar-refractivity contribution >= 4 is 17.5 Å². The highest BCUT2D eigenvalue weighted by Crippen LogP contribution is 2.28. The first kappa shape index (κ1) is 11.6. The molecule has 4 nitrogen and oxygen atoms in total. The topological polar surface area (TPSA) is 63.4 Å². The SMILES string of the molecule is NCc1cccc(N2C(=O)c3ccccc3C2=O)c1. The molecule has 19 heavy (non-hydrogen) atoms. The van der Waals surface area contributed by atoms with Gasteiger partial charge in [0.25, 0.3) is 11.8 Å². The van der Waals surface area contributed by atoms with Gasteiger partial charge in [0.15, 0.2) is 0 Å². The van der Waals surface area contributed by atoms with Crippen LogP contribution in [0.25, 0.3) is 0 Å². The van der Waals surface area contributed by atoms with Crippen LogP contribution in [-0.2, 0) is 6.54 Å². The minimum atomic E-state index is -0.283. The zero-order valence-corrected chi connectivity index (χ0v) is 10.2. The average molecular weight is 252 g/mol. The first-order chi connectivity index (χ1) is 9.22. The van der Waals surface area contributed by atoms with E-state index in [1.807, 2.05) is 6.07 Å². The molecule has 0 bridgehead atoms. The Kier molecular flexibility index (Phi) is 2.65. The van der Waals surface area contributed by atoms with Gasteiger partial charge in [0.2, 0.25) is 0 Å². The standard InChI is InChI=1S/C15H12N2O2/c16-9-10-4-3-5-11(8-10)17-14(18)12-6-1-2-7-13(12)15(17)19/h1-8H,9,16H2. The molecular weight excluding hydrogens is 240 g/mol. The lowest BCUT2D eigenvalue weighted by Crippen LogP contribution is -2.29. The largest absolute Gasteiger partial charge is 0.326 e. The van der Waals surface area contributed by atoms with Gasteiger partial charge in [0, 0.05) is 6.54 Å². The number of benzene rings is 2. The van der Waals surface area contributed by atoms with Crippen molar-refractivity contribution in [3.8, 4) is 0 Å². The van der Waals surface area contributed by atoms with Gasteiger partial charge in [-0.25, -0.2) is 4.90 Å². The number of rotatable bonds is 2. The highest BCUT2D eigenvalue weighted by atomic mass is 16.2. The molecule has 0 fully saturated rings. The second-order valence-electron chi connectivity index (χ2n) is 4.37. The Morgan fingerprint density at radius 2 is 1.53 bits per heavy atom. The monoisotopic (exact) mass is 252 g/mol. The Hall–Kier alpha value is -2.46. The fourth-order valence-corrected chi connectivity index (χ4v) is 2.25. The second-order valence-corrected chi connectivity index (χ2v) is 4.37. The Balaban J connectivity index is 2.08. The van der Waals surface area contributed by atoms with Gasteiger partial charge >= 0.3 is 0 Å². The molecule has 2 aromatic carbocycles. The first-order valence-corrected chi connectivity index (χ1v) is 5.99. The van der Waals surface area contributed by atoms with Crippen LogP contribution >= 0.6 is 0 Å². The summed E-state index contributed by atoms with van der Waals surface area (Å²) >= 11 is 0. The van der Waals surface area contributed by atoms with Gasteiger partial charge < -0.3 is 5.73 Å². The van der Waals surface area contributed by atoms with Crippen LogP contribution in [0.15, 0.2) is 48.5 Å². The smallest absolute Gasteiger partial charge is 0.266 e. The van der Waals surface area contributed by atoms with Crippen LogP contribution < -0.4 is 10.6 Å². The van der Waals surface area contributed by atoms with Gasteiger partial charge in [-0.1, -0.05) is 24.3 Å². The molecule has 4 heteroatoms. The van der Waals surface area contributed by atoms with Crippen molar-refractivity contribution in [2.24, 2.45) is 5.73 Å². The Bertz CT molecular complexity index is 644.